The van der Waals surface area contributed by atoms with Crippen molar-refractivity contribution in [2.45, 2.75) is 71.9 Å². The van der Waals surface area contributed by atoms with Crippen LogP contribution in [0.25, 0.3) is 5.57 Å². The van der Waals surface area contributed by atoms with E-state index in [2.05, 4.69) is 28.8 Å². The lowest BCUT2D eigenvalue weighted by Gasteiger charge is -2.41. The quantitative estimate of drug-likeness (QED) is 0.315. The molecule has 2 heterocycles. The monoisotopic (exact) mass is 396 g/mol. The highest BCUT2D eigenvalue weighted by atomic mass is 32.1. The van der Waals surface area contributed by atoms with Crippen LogP contribution >= 0.6 is 11.7 Å². The van der Waals surface area contributed by atoms with E-state index in [1.807, 2.05) is 13.8 Å². The summed E-state index contributed by atoms with van der Waals surface area (Å²) in [6, 6.07) is 0. The number of esters is 1. The van der Waals surface area contributed by atoms with Crippen molar-refractivity contribution in [3.05, 3.63) is 11.8 Å². The van der Waals surface area contributed by atoms with Crippen LogP contribution in [0.5, 0.6) is 5.88 Å². The number of carbonyl (C=O) groups excluding carboxylic acids is 1. The van der Waals surface area contributed by atoms with Crippen LogP contribution in [-0.4, -0.2) is 52.2 Å². The fourth-order valence-corrected chi connectivity index (χ4v) is 3.83. The van der Waals surface area contributed by atoms with Gasteiger partial charge in [0.25, 0.3) is 5.88 Å². The summed E-state index contributed by atoms with van der Waals surface area (Å²) in [6.45, 7) is 8.56. The number of unbranched alkanes of at least 4 members (excludes halogenated alkanes) is 3. The number of likely N-dealkylation sites (N-methyl/N-ethyl adjacent to an activating group) is 1. The molecule has 0 aliphatic carbocycles. The van der Waals surface area contributed by atoms with Crippen molar-refractivity contribution in [1.82, 2.24) is 8.75 Å². The third kappa shape index (κ3) is 6.28. The summed E-state index contributed by atoms with van der Waals surface area (Å²) >= 11 is 1.20. The SMILES string of the molecule is CCCCCCOc1nsnc1C1=CCC[N+](C)([C@@H](C)OC(=O)CCC)C1. The summed E-state index contributed by atoms with van der Waals surface area (Å²) in [7, 11) is 2.14. The fraction of sp³-hybridized carbons (Fsp3) is 0.750. The van der Waals surface area contributed by atoms with Crippen molar-refractivity contribution >= 4 is 23.3 Å². The Labute approximate surface area is 167 Å². The highest BCUT2D eigenvalue weighted by Gasteiger charge is 2.36. The van der Waals surface area contributed by atoms with Gasteiger partial charge >= 0.3 is 5.97 Å². The molecule has 152 valence electrons. The van der Waals surface area contributed by atoms with Crippen LogP contribution in [0.1, 0.15) is 71.4 Å². The van der Waals surface area contributed by atoms with Gasteiger partial charge in [-0.25, -0.2) is 0 Å². The lowest BCUT2D eigenvalue weighted by molar-refractivity contribution is -0.944. The van der Waals surface area contributed by atoms with Crippen molar-refractivity contribution < 1.29 is 18.8 Å². The molecular weight excluding hydrogens is 362 g/mol. The van der Waals surface area contributed by atoms with E-state index in [1.165, 1.54) is 31.0 Å². The number of hydrogen-bond donors (Lipinski definition) is 0. The van der Waals surface area contributed by atoms with E-state index in [0.717, 1.165) is 43.6 Å². The number of rotatable bonds is 11. The Kier molecular flexibility index (Phi) is 8.70. The molecule has 0 saturated heterocycles. The zero-order valence-electron chi connectivity index (χ0n) is 17.2. The van der Waals surface area contributed by atoms with Gasteiger partial charge in [-0.1, -0.05) is 39.2 Å². The van der Waals surface area contributed by atoms with E-state index in [0.29, 0.717) is 23.4 Å². The fourth-order valence-electron chi connectivity index (χ4n) is 3.30. The Balaban J connectivity index is 1.98. The van der Waals surface area contributed by atoms with Crippen molar-refractivity contribution in [2.75, 3.05) is 26.7 Å². The van der Waals surface area contributed by atoms with Crippen molar-refractivity contribution in [1.29, 1.82) is 0 Å². The number of hydrogen-bond acceptors (Lipinski definition) is 6. The Morgan fingerprint density at radius 2 is 2.07 bits per heavy atom. The Bertz CT molecular complexity index is 632. The molecule has 0 saturated carbocycles. The van der Waals surface area contributed by atoms with Gasteiger partial charge in [-0.15, -0.1) is 4.37 Å². The van der Waals surface area contributed by atoms with Gasteiger partial charge in [0.2, 0.25) is 6.23 Å². The molecule has 0 amide bonds. The predicted molar refractivity (Wildman–Crippen MR) is 109 cm³/mol. The predicted octanol–water partition coefficient (Wildman–Crippen LogP) is 4.42. The molecule has 2 rings (SSSR count). The molecule has 0 fully saturated rings. The second kappa shape index (κ2) is 10.8. The van der Waals surface area contributed by atoms with Crippen LogP contribution in [0.3, 0.4) is 0 Å². The molecule has 0 N–H and O–H groups in total. The molecule has 7 heteroatoms. The Morgan fingerprint density at radius 1 is 1.26 bits per heavy atom. The van der Waals surface area contributed by atoms with E-state index in [1.54, 1.807) is 0 Å². The van der Waals surface area contributed by atoms with E-state index in [9.17, 15) is 4.79 Å². The van der Waals surface area contributed by atoms with Gasteiger partial charge in [0.15, 0.2) is 0 Å². The number of quaternary nitrogens is 1. The number of nitrogens with zero attached hydrogens (tertiary/aromatic N) is 3. The third-order valence-corrected chi connectivity index (χ3v) is 5.71. The molecule has 6 nitrogen and oxygen atoms in total. The second-order valence-electron chi connectivity index (χ2n) is 7.55. The first-order valence-electron chi connectivity index (χ1n) is 10.2. The van der Waals surface area contributed by atoms with Crippen LogP contribution in [0.2, 0.25) is 0 Å². The Hall–Kier alpha value is -1.47. The van der Waals surface area contributed by atoms with Gasteiger partial charge in [-0.3, -0.25) is 9.28 Å². The summed E-state index contributed by atoms with van der Waals surface area (Å²) in [4.78, 5) is 11.9. The zero-order valence-corrected chi connectivity index (χ0v) is 18.0. The molecule has 0 spiro atoms. The molecule has 2 atom stereocenters. The number of aromatic nitrogens is 2. The summed E-state index contributed by atoms with van der Waals surface area (Å²) in [5.74, 6) is 0.527. The molecule has 0 radical (unpaired) electrons. The van der Waals surface area contributed by atoms with Crippen LogP contribution in [-0.2, 0) is 9.53 Å². The van der Waals surface area contributed by atoms with Crippen LogP contribution in [0.15, 0.2) is 6.08 Å². The molecule has 1 aliphatic rings. The first-order valence-corrected chi connectivity index (χ1v) is 10.9. The van der Waals surface area contributed by atoms with E-state index < -0.39 is 0 Å². The third-order valence-electron chi connectivity index (χ3n) is 5.20. The van der Waals surface area contributed by atoms with Gasteiger partial charge in [-0.2, -0.15) is 4.37 Å². The average molecular weight is 397 g/mol. The molecular formula is C20H34N3O3S+. The summed E-state index contributed by atoms with van der Waals surface area (Å²) in [5.41, 5.74) is 1.99. The van der Waals surface area contributed by atoms with Crippen molar-refractivity contribution in [3.63, 3.8) is 0 Å². The maximum atomic E-state index is 11.9. The maximum Gasteiger partial charge on any atom is 0.310 e. The maximum absolute atomic E-state index is 11.9. The van der Waals surface area contributed by atoms with E-state index >= 15 is 0 Å². The van der Waals surface area contributed by atoms with Gasteiger partial charge in [0.1, 0.15) is 12.2 Å². The molecule has 1 aromatic rings. The molecule has 1 aromatic heterocycles. The lowest BCUT2D eigenvalue weighted by Crippen LogP contribution is -2.55. The largest absolute Gasteiger partial charge is 0.475 e. The summed E-state index contributed by atoms with van der Waals surface area (Å²) < 4.78 is 21.1. The minimum atomic E-state index is -0.183. The van der Waals surface area contributed by atoms with Crippen LogP contribution in [0.4, 0.5) is 0 Å². The lowest BCUT2D eigenvalue weighted by atomic mass is 10.0. The van der Waals surface area contributed by atoms with Gasteiger partial charge in [-0.05, 0) is 12.8 Å². The molecule has 1 unspecified atom stereocenters. The summed E-state index contributed by atoms with van der Waals surface area (Å²) in [5, 5.41) is 0. The van der Waals surface area contributed by atoms with Crippen molar-refractivity contribution in [2.24, 2.45) is 0 Å². The Morgan fingerprint density at radius 3 is 2.81 bits per heavy atom. The average Bonchev–Trinajstić information content (AvgIpc) is 3.10. The molecule has 1 aliphatic heterocycles. The van der Waals surface area contributed by atoms with Gasteiger partial charge < -0.3 is 9.47 Å². The van der Waals surface area contributed by atoms with Crippen LogP contribution in [0, 0.1) is 0 Å². The number of ether oxygens (including phenoxy) is 2. The van der Waals surface area contributed by atoms with Gasteiger partial charge in [0, 0.05) is 25.3 Å². The first-order chi connectivity index (χ1) is 13.0. The molecule has 27 heavy (non-hydrogen) atoms. The van der Waals surface area contributed by atoms with E-state index in [4.69, 9.17) is 9.47 Å². The summed E-state index contributed by atoms with van der Waals surface area (Å²) in [6.07, 6.45) is 8.93. The van der Waals surface area contributed by atoms with Crippen molar-refractivity contribution in [3.8, 4) is 5.88 Å². The highest BCUT2D eigenvalue weighted by Crippen LogP contribution is 2.31. The highest BCUT2D eigenvalue weighted by molar-refractivity contribution is 6.99. The van der Waals surface area contributed by atoms with E-state index in [-0.39, 0.29) is 12.2 Å². The normalized spacial score (nSPS) is 20.8. The zero-order chi connectivity index (χ0) is 19.7. The smallest absolute Gasteiger partial charge is 0.310 e. The topological polar surface area (TPSA) is 61.3 Å². The number of carbonyl (C=O) groups is 1. The van der Waals surface area contributed by atoms with Crippen LogP contribution < -0.4 is 4.74 Å². The first kappa shape index (κ1) is 21.8. The second-order valence-corrected chi connectivity index (χ2v) is 8.07. The minimum Gasteiger partial charge on any atom is -0.475 e. The minimum absolute atomic E-state index is 0.119. The van der Waals surface area contributed by atoms with Gasteiger partial charge in [0.05, 0.1) is 31.9 Å². The molecule has 0 bridgehead atoms. The standard InChI is InChI=1S/C20H34N3O3S/c1-5-7-8-9-14-25-20-19(21-27-22-20)17-12-10-13-23(4,15-17)16(3)26-18(24)11-6-2/h12,16H,5-11,13-15H2,1-4H3/q+1/t16-,23?/m1/s1. The molecule has 0 aromatic carbocycles.